The van der Waals surface area contributed by atoms with Gasteiger partial charge in [0.15, 0.2) is 0 Å². The van der Waals surface area contributed by atoms with Crippen molar-refractivity contribution in [2.45, 2.75) is 26.7 Å². The maximum atomic E-state index is 11.2. The van der Waals surface area contributed by atoms with Crippen LogP contribution in [0.4, 0.5) is 0 Å². The van der Waals surface area contributed by atoms with Crippen LogP contribution in [-0.2, 0) is 11.2 Å². The lowest BCUT2D eigenvalue weighted by atomic mass is 10.3. The molecule has 0 aliphatic carbocycles. The summed E-state index contributed by atoms with van der Waals surface area (Å²) < 4.78 is 0. The number of carbonyl (C=O) groups is 1. The number of nitrogens with zero attached hydrogens (tertiary/aromatic N) is 2. The average Bonchev–Trinajstić information content (AvgIpc) is 2.63. The lowest BCUT2D eigenvalue weighted by Crippen LogP contribution is -2.22. The number of amides is 1. The van der Waals surface area contributed by atoms with Crippen molar-refractivity contribution in [1.29, 1.82) is 0 Å². The molecule has 0 aromatic carbocycles. The van der Waals surface area contributed by atoms with Crippen molar-refractivity contribution in [3.05, 3.63) is 23.8 Å². The molecule has 0 saturated carbocycles. The molecule has 0 atom stereocenters. The van der Waals surface area contributed by atoms with Crippen LogP contribution in [-0.4, -0.2) is 27.6 Å². The van der Waals surface area contributed by atoms with Crippen LogP contribution in [0.5, 0.6) is 0 Å². The summed E-state index contributed by atoms with van der Waals surface area (Å²) in [6.07, 6.45) is 4.73. The molecule has 1 aromatic rings. The summed E-state index contributed by atoms with van der Waals surface area (Å²) in [4.78, 5) is 15.2. The molecule has 0 bridgehead atoms. The molecular formula is C10H16N4O. The van der Waals surface area contributed by atoms with Gasteiger partial charge in [0.1, 0.15) is 12.2 Å². The number of aromatic amines is 1. The number of allylic oxidation sites excluding steroid dienone is 1. The van der Waals surface area contributed by atoms with E-state index in [-0.39, 0.29) is 5.91 Å². The van der Waals surface area contributed by atoms with Crippen molar-refractivity contribution >= 4 is 5.91 Å². The Morgan fingerprint density at radius 3 is 3.00 bits per heavy atom. The number of hydrogen-bond acceptors (Lipinski definition) is 3. The Morgan fingerprint density at radius 2 is 2.40 bits per heavy atom. The van der Waals surface area contributed by atoms with Gasteiger partial charge in [-0.25, -0.2) is 4.98 Å². The minimum Gasteiger partial charge on any atom is -0.353 e. The first-order chi connectivity index (χ1) is 7.18. The smallest absolute Gasteiger partial charge is 0.243 e. The number of nitrogens with one attached hydrogen (secondary N) is 2. The third-order valence-electron chi connectivity index (χ3n) is 1.77. The van der Waals surface area contributed by atoms with Gasteiger partial charge in [-0.3, -0.25) is 9.89 Å². The first kappa shape index (κ1) is 11.4. The Labute approximate surface area is 89.0 Å². The highest BCUT2D eigenvalue weighted by molar-refractivity contribution is 5.87. The molecular weight excluding hydrogens is 192 g/mol. The zero-order valence-electron chi connectivity index (χ0n) is 9.08. The number of rotatable bonds is 5. The first-order valence-electron chi connectivity index (χ1n) is 4.95. The molecule has 15 heavy (non-hydrogen) atoms. The van der Waals surface area contributed by atoms with E-state index in [1.807, 2.05) is 13.8 Å². The second-order valence-corrected chi connectivity index (χ2v) is 3.55. The molecule has 1 aromatic heterocycles. The zero-order valence-corrected chi connectivity index (χ0v) is 9.08. The van der Waals surface area contributed by atoms with Crippen LogP contribution in [0.25, 0.3) is 0 Å². The highest BCUT2D eigenvalue weighted by Crippen LogP contribution is 1.92. The van der Waals surface area contributed by atoms with E-state index in [9.17, 15) is 4.79 Å². The van der Waals surface area contributed by atoms with Crippen molar-refractivity contribution in [3.8, 4) is 0 Å². The van der Waals surface area contributed by atoms with E-state index >= 15 is 0 Å². The summed E-state index contributed by atoms with van der Waals surface area (Å²) in [5, 5.41) is 9.31. The van der Waals surface area contributed by atoms with E-state index < -0.39 is 0 Å². The molecule has 0 spiro atoms. The lowest BCUT2D eigenvalue weighted by molar-refractivity contribution is -0.116. The fraction of sp³-hybridized carbons (Fsp3) is 0.500. The van der Waals surface area contributed by atoms with Crippen LogP contribution in [0.15, 0.2) is 18.0 Å². The topological polar surface area (TPSA) is 70.7 Å². The molecule has 0 unspecified atom stereocenters. The quantitative estimate of drug-likeness (QED) is 0.556. The second kappa shape index (κ2) is 5.95. The third-order valence-corrected chi connectivity index (χ3v) is 1.77. The molecule has 0 radical (unpaired) electrons. The SMILES string of the molecule is CC(C)=CC(=O)NCCCc1ncn[nH]1. The Bertz CT molecular complexity index is 325. The summed E-state index contributed by atoms with van der Waals surface area (Å²) in [7, 11) is 0. The highest BCUT2D eigenvalue weighted by Gasteiger charge is 1.97. The Hall–Kier alpha value is -1.65. The molecule has 1 rings (SSSR count). The molecule has 5 nitrogen and oxygen atoms in total. The van der Waals surface area contributed by atoms with Gasteiger partial charge in [-0.15, -0.1) is 0 Å². The van der Waals surface area contributed by atoms with Gasteiger partial charge < -0.3 is 5.32 Å². The van der Waals surface area contributed by atoms with Gasteiger partial charge in [0.25, 0.3) is 0 Å². The zero-order chi connectivity index (χ0) is 11.1. The highest BCUT2D eigenvalue weighted by atomic mass is 16.1. The molecule has 0 fully saturated rings. The Kier molecular flexibility index (Phi) is 4.53. The predicted octanol–water partition coefficient (Wildman–Crippen LogP) is 0.820. The summed E-state index contributed by atoms with van der Waals surface area (Å²) in [6, 6.07) is 0. The van der Waals surface area contributed by atoms with Crippen molar-refractivity contribution in [3.63, 3.8) is 0 Å². The number of carbonyl (C=O) groups excluding carboxylic acids is 1. The van der Waals surface area contributed by atoms with Crippen molar-refractivity contribution in [1.82, 2.24) is 20.5 Å². The normalized spacial score (nSPS) is 9.73. The summed E-state index contributed by atoms with van der Waals surface area (Å²) in [6.45, 7) is 4.45. The fourth-order valence-corrected chi connectivity index (χ4v) is 1.13. The maximum Gasteiger partial charge on any atom is 0.243 e. The molecule has 0 aliphatic rings. The fourth-order valence-electron chi connectivity index (χ4n) is 1.13. The van der Waals surface area contributed by atoms with E-state index in [4.69, 9.17) is 0 Å². The average molecular weight is 208 g/mol. The molecule has 0 saturated heterocycles. The number of aromatic nitrogens is 3. The van der Waals surface area contributed by atoms with Gasteiger partial charge in [0, 0.05) is 19.0 Å². The number of H-pyrrole nitrogens is 1. The summed E-state index contributed by atoms with van der Waals surface area (Å²) >= 11 is 0. The van der Waals surface area contributed by atoms with Crippen molar-refractivity contribution < 1.29 is 4.79 Å². The van der Waals surface area contributed by atoms with Crippen molar-refractivity contribution in [2.75, 3.05) is 6.54 Å². The minimum absolute atomic E-state index is 0.0347. The summed E-state index contributed by atoms with van der Waals surface area (Å²) in [5.41, 5.74) is 1.00. The van der Waals surface area contributed by atoms with Gasteiger partial charge in [-0.05, 0) is 20.3 Å². The number of aryl methyl sites for hydroxylation is 1. The summed E-state index contributed by atoms with van der Waals surface area (Å²) in [5.74, 6) is 0.819. The standard InChI is InChI=1S/C10H16N4O/c1-8(2)6-10(15)11-5-3-4-9-12-7-13-14-9/h6-7H,3-5H2,1-2H3,(H,11,15)(H,12,13,14). The monoisotopic (exact) mass is 208 g/mol. The minimum atomic E-state index is -0.0347. The molecule has 82 valence electrons. The van der Waals surface area contributed by atoms with Gasteiger partial charge in [-0.1, -0.05) is 5.57 Å². The molecule has 2 N–H and O–H groups in total. The van der Waals surface area contributed by atoms with Crippen LogP contribution >= 0.6 is 0 Å². The van der Waals surface area contributed by atoms with Crippen molar-refractivity contribution in [2.24, 2.45) is 0 Å². The Balaban J connectivity index is 2.12. The van der Waals surface area contributed by atoms with Crippen LogP contribution in [0, 0.1) is 0 Å². The van der Waals surface area contributed by atoms with Gasteiger partial charge in [-0.2, -0.15) is 5.10 Å². The molecule has 5 heteroatoms. The number of hydrogen-bond donors (Lipinski definition) is 2. The van der Waals surface area contributed by atoms with Crippen LogP contribution in [0.2, 0.25) is 0 Å². The first-order valence-corrected chi connectivity index (χ1v) is 4.95. The molecule has 0 aliphatic heterocycles. The molecule has 1 heterocycles. The largest absolute Gasteiger partial charge is 0.353 e. The van der Waals surface area contributed by atoms with Crippen LogP contribution in [0.3, 0.4) is 0 Å². The third kappa shape index (κ3) is 4.95. The Morgan fingerprint density at radius 1 is 1.60 bits per heavy atom. The predicted molar refractivity (Wildman–Crippen MR) is 57.1 cm³/mol. The van der Waals surface area contributed by atoms with E-state index in [1.165, 1.54) is 6.33 Å². The van der Waals surface area contributed by atoms with Gasteiger partial charge in [0.05, 0.1) is 0 Å². The maximum absolute atomic E-state index is 11.2. The van der Waals surface area contributed by atoms with Gasteiger partial charge in [0.2, 0.25) is 5.91 Å². The van der Waals surface area contributed by atoms with E-state index in [2.05, 4.69) is 20.5 Å². The van der Waals surface area contributed by atoms with Crippen LogP contribution in [0.1, 0.15) is 26.1 Å². The second-order valence-electron chi connectivity index (χ2n) is 3.55. The van der Waals surface area contributed by atoms with Gasteiger partial charge >= 0.3 is 0 Å². The van der Waals surface area contributed by atoms with E-state index in [0.29, 0.717) is 6.54 Å². The van der Waals surface area contributed by atoms with E-state index in [0.717, 1.165) is 24.2 Å². The van der Waals surface area contributed by atoms with Crippen LogP contribution < -0.4 is 5.32 Å². The molecule has 1 amide bonds. The van der Waals surface area contributed by atoms with E-state index in [1.54, 1.807) is 6.08 Å². The lowest BCUT2D eigenvalue weighted by Gasteiger charge is -2.00.